The summed E-state index contributed by atoms with van der Waals surface area (Å²) in [6.45, 7) is 3.44. The number of hydrogen-bond acceptors (Lipinski definition) is 6. The van der Waals surface area contributed by atoms with Crippen LogP contribution in [0.2, 0.25) is 0 Å². The third-order valence-electron chi connectivity index (χ3n) is 4.64. The van der Waals surface area contributed by atoms with E-state index in [2.05, 4.69) is 15.5 Å². The molecule has 0 atom stereocenters. The number of rotatable bonds is 5. The van der Waals surface area contributed by atoms with Crippen molar-refractivity contribution in [1.82, 2.24) is 14.7 Å². The van der Waals surface area contributed by atoms with Crippen LogP contribution < -0.4 is 15.0 Å². The minimum atomic E-state index is -0.500. The first-order valence-corrected chi connectivity index (χ1v) is 9.45. The van der Waals surface area contributed by atoms with Gasteiger partial charge >= 0.3 is 0 Å². The van der Waals surface area contributed by atoms with E-state index in [0.29, 0.717) is 0 Å². The van der Waals surface area contributed by atoms with Gasteiger partial charge in [-0.3, -0.25) is 4.57 Å². The van der Waals surface area contributed by atoms with Crippen LogP contribution >= 0.6 is 0 Å². The number of benzene rings is 1. The van der Waals surface area contributed by atoms with Crippen molar-refractivity contribution < 1.29 is 23.4 Å². The molecule has 0 aliphatic heterocycles. The zero-order chi connectivity index (χ0) is 22.4. The Morgan fingerprint density at radius 3 is 2.61 bits per heavy atom. The molecule has 0 aliphatic carbocycles. The highest BCUT2D eigenvalue weighted by Crippen LogP contribution is 2.24. The number of pyridine rings is 1. The molecule has 3 heterocycles. The Labute approximate surface area is 178 Å². The fraction of sp³-hybridized carbons (Fsp3) is 0.182. The molecule has 3 aromatic heterocycles. The summed E-state index contributed by atoms with van der Waals surface area (Å²) in [7, 11) is 1.85. The average Bonchev–Trinajstić information content (AvgIpc) is 3.31. The lowest BCUT2D eigenvalue weighted by atomic mass is 10.1. The zero-order valence-electron chi connectivity index (χ0n) is 17.4. The summed E-state index contributed by atoms with van der Waals surface area (Å²) in [6, 6.07) is 9.49. The van der Waals surface area contributed by atoms with E-state index in [1.807, 2.05) is 68.2 Å². The van der Waals surface area contributed by atoms with Gasteiger partial charge in [0.05, 0.1) is 11.0 Å². The second-order valence-corrected chi connectivity index (χ2v) is 6.73. The predicted octanol–water partition coefficient (Wildman–Crippen LogP) is 2.34. The number of aromatic nitrogens is 4. The highest BCUT2D eigenvalue weighted by Gasteiger charge is 2.14. The lowest BCUT2D eigenvalue weighted by molar-refractivity contribution is -0.690. The van der Waals surface area contributed by atoms with Crippen molar-refractivity contribution in [2.45, 2.75) is 20.4 Å². The Morgan fingerprint density at radius 2 is 2.00 bits per heavy atom. The molecule has 0 aliphatic rings. The molecule has 0 saturated heterocycles. The number of hydrogen-bond donors (Lipinski definition) is 1. The Balaban J connectivity index is 0.000000858. The number of carbonyl (C=O) groups is 1. The normalized spacial score (nSPS) is 11.2. The second kappa shape index (κ2) is 9.66. The first kappa shape index (κ1) is 21.7. The Kier molecular flexibility index (Phi) is 6.76. The van der Waals surface area contributed by atoms with Gasteiger partial charge in [0, 0.05) is 31.3 Å². The summed E-state index contributed by atoms with van der Waals surface area (Å²) < 4.78 is 23.5. The Morgan fingerprint density at radius 1 is 1.29 bits per heavy atom. The van der Waals surface area contributed by atoms with Crippen LogP contribution in [0.4, 0.5) is 10.1 Å². The third-order valence-corrected chi connectivity index (χ3v) is 4.64. The van der Waals surface area contributed by atoms with E-state index in [4.69, 9.17) is 14.4 Å². The van der Waals surface area contributed by atoms with Crippen molar-refractivity contribution in [2.75, 3.05) is 12.4 Å². The van der Waals surface area contributed by atoms with Crippen molar-refractivity contribution in [3.05, 3.63) is 71.9 Å². The summed E-state index contributed by atoms with van der Waals surface area (Å²) in [4.78, 5) is 12.7. The van der Waals surface area contributed by atoms with Gasteiger partial charge in [0.15, 0.2) is 30.5 Å². The molecule has 8 nitrogen and oxygen atoms in total. The smallest absolute Gasteiger partial charge is 0.199 e. The number of halogens is 1. The minimum Gasteiger partial charge on any atom is -0.554 e. The van der Waals surface area contributed by atoms with Gasteiger partial charge in [0.2, 0.25) is 0 Å². The molecule has 0 amide bonds. The van der Waals surface area contributed by atoms with E-state index in [-0.39, 0.29) is 12.4 Å². The first-order chi connectivity index (χ1) is 15.0. The summed E-state index contributed by atoms with van der Waals surface area (Å²) in [5.74, 6) is 0.500. The molecule has 9 heteroatoms. The molecule has 0 saturated carbocycles. The molecule has 0 spiro atoms. The number of allylic oxidation sites excluding steroid dienone is 1. The molecule has 0 fully saturated rings. The van der Waals surface area contributed by atoms with E-state index in [1.165, 1.54) is 6.08 Å². The lowest BCUT2D eigenvalue weighted by Gasteiger charge is -2.03. The number of anilines is 1. The Hall–Kier alpha value is -4.01. The van der Waals surface area contributed by atoms with Crippen LogP contribution in [0, 0.1) is 13.8 Å². The van der Waals surface area contributed by atoms with Crippen LogP contribution in [0.15, 0.2) is 59.4 Å². The molecule has 0 radical (unpaired) electrons. The predicted molar refractivity (Wildman–Crippen MR) is 112 cm³/mol. The van der Waals surface area contributed by atoms with Crippen molar-refractivity contribution in [1.29, 1.82) is 0 Å². The number of nitrogens with one attached hydrogen (secondary N) is 1. The van der Waals surface area contributed by atoms with Gasteiger partial charge in [-0.05, 0) is 37.6 Å². The number of fused-ring (bicyclic) bond motifs is 1. The number of aryl methyl sites for hydroxylation is 2. The van der Waals surface area contributed by atoms with Crippen LogP contribution in [0.25, 0.3) is 22.8 Å². The van der Waals surface area contributed by atoms with Crippen molar-refractivity contribution in [3.8, 4) is 5.69 Å². The summed E-state index contributed by atoms with van der Waals surface area (Å²) >= 11 is 0. The summed E-state index contributed by atoms with van der Waals surface area (Å²) in [6.07, 6.45) is 6.95. The van der Waals surface area contributed by atoms with E-state index < -0.39 is 6.47 Å². The van der Waals surface area contributed by atoms with Crippen molar-refractivity contribution >= 4 is 29.3 Å². The molecule has 0 bridgehead atoms. The summed E-state index contributed by atoms with van der Waals surface area (Å²) in [5, 5.41) is 15.3. The topological polar surface area (TPSA) is 99.9 Å². The second-order valence-electron chi connectivity index (χ2n) is 6.73. The van der Waals surface area contributed by atoms with Crippen molar-refractivity contribution in [2.24, 2.45) is 0 Å². The number of carbonyl (C=O) groups excluding carboxylic acids is 1. The van der Waals surface area contributed by atoms with Gasteiger partial charge in [-0.1, -0.05) is 11.2 Å². The van der Waals surface area contributed by atoms with Gasteiger partial charge in [-0.15, -0.1) is 0 Å². The molecule has 1 N–H and O–H groups in total. The molecule has 0 unspecified atom stereocenters. The number of imidazole rings is 1. The molecular weight excluding hydrogens is 401 g/mol. The molecule has 4 aromatic rings. The average molecular weight is 423 g/mol. The van der Waals surface area contributed by atoms with Crippen LogP contribution in [-0.2, 0) is 11.3 Å². The van der Waals surface area contributed by atoms with E-state index in [9.17, 15) is 4.39 Å². The van der Waals surface area contributed by atoms with Crippen LogP contribution in [-0.4, -0.2) is 28.2 Å². The number of carboxylic acid groups (broad SMARTS) is 1. The largest absolute Gasteiger partial charge is 0.554 e. The van der Waals surface area contributed by atoms with Gasteiger partial charge in [-0.25, -0.2) is 9.37 Å². The molecule has 4 rings (SSSR count). The molecule has 1 aromatic carbocycles. The maximum atomic E-state index is 14.5. The third kappa shape index (κ3) is 4.95. The van der Waals surface area contributed by atoms with Gasteiger partial charge in [0.1, 0.15) is 17.7 Å². The summed E-state index contributed by atoms with van der Waals surface area (Å²) in [5.41, 5.74) is 5.14. The highest BCUT2D eigenvalue weighted by molar-refractivity contribution is 5.80. The van der Waals surface area contributed by atoms with E-state index >= 15 is 0 Å². The van der Waals surface area contributed by atoms with E-state index in [0.717, 1.165) is 39.4 Å². The SMILES string of the molecule is CNc1cc[n+](C/C(F)=C/c2ccc3c(c2)ncn3-c2c(C)noc2C)cc1.O=C[O-]. The molecule has 160 valence electrons. The maximum absolute atomic E-state index is 14.5. The van der Waals surface area contributed by atoms with Crippen LogP contribution in [0.3, 0.4) is 0 Å². The standard InChI is InChI=1S/C21H20FN5O.CH2O2/c1-14-21(15(2)28-25-14)27-13-24-19-11-16(4-5-20(19)27)10-17(22)12-26-8-6-18(23-3)7-9-26;2-1-3/h4-11,13H,12H2,1-3H3;1H,(H,2,3)/b17-10-;. The highest BCUT2D eigenvalue weighted by atomic mass is 19.1. The Bertz CT molecular complexity index is 1190. The molecular formula is C22H22FN5O3. The minimum absolute atomic E-state index is 0.176. The van der Waals surface area contributed by atoms with Crippen LogP contribution in [0.1, 0.15) is 17.0 Å². The van der Waals surface area contributed by atoms with Gasteiger partial charge in [-0.2, -0.15) is 4.57 Å². The zero-order valence-corrected chi connectivity index (χ0v) is 17.4. The monoisotopic (exact) mass is 423 g/mol. The lowest BCUT2D eigenvalue weighted by Crippen LogP contribution is -2.32. The van der Waals surface area contributed by atoms with Gasteiger partial charge in [0.25, 0.3) is 0 Å². The van der Waals surface area contributed by atoms with Gasteiger partial charge < -0.3 is 19.7 Å². The van der Waals surface area contributed by atoms with Crippen LogP contribution in [0.5, 0.6) is 0 Å². The quantitative estimate of drug-likeness (QED) is 0.391. The first-order valence-electron chi connectivity index (χ1n) is 9.45. The molecule has 31 heavy (non-hydrogen) atoms. The number of nitrogens with zero attached hydrogens (tertiary/aromatic N) is 4. The fourth-order valence-corrected chi connectivity index (χ4v) is 3.25. The fourth-order valence-electron chi connectivity index (χ4n) is 3.25. The maximum Gasteiger partial charge on any atom is 0.199 e. The van der Waals surface area contributed by atoms with E-state index in [1.54, 1.807) is 10.9 Å². The van der Waals surface area contributed by atoms with Crippen molar-refractivity contribution in [3.63, 3.8) is 0 Å².